The minimum Gasteiger partial charge on any atom is -0.497 e. The van der Waals surface area contributed by atoms with E-state index in [9.17, 15) is 4.79 Å². The number of nitrogens with zero attached hydrogens (tertiary/aromatic N) is 4. The zero-order valence-corrected chi connectivity index (χ0v) is 16.6. The Morgan fingerprint density at radius 1 is 1.04 bits per heavy atom. The SMILES string of the molecule is COc1ccc(C(=O)C(C)Sc2nnnn2-c2ccc(C(C)C)cc2)cc1. The van der Waals surface area contributed by atoms with Gasteiger partial charge in [0, 0.05) is 5.56 Å². The molecule has 0 aliphatic rings. The second kappa shape index (κ2) is 8.35. The Balaban J connectivity index is 1.76. The van der Waals surface area contributed by atoms with Crippen LogP contribution in [0.4, 0.5) is 0 Å². The fraction of sp³-hybridized carbons (Fsp3) is 0.300. The van der Waals surface area contributed by atoms with E-state index in [1.165, 1.54) is 17.3 Å². The highest BCUT2D eigenvalue weighted by molar-refractivity contribution is 8.00. The van der Waals surface area contributed by atoms with Crippen LogP contribution in [0.25, 0.3) is 5.69 Å². The largest absolute Gasteiger partial charge is 0.497 e. The summed E-state index contributed by atoms with van der Waals surface area (Å²) >= 11 is 1.34. The zero-order valence-electron chi connectivity index (χ0n) is 15.8. The van der Waals surface area contributed by atoms with Crippen molar-refractivity contribution < 1.29 is 9.53 Å². The predicted octanol–water partition coefficient (Wildman–Crippen LogP) is 4.16. The number of aromatic nitrogens is 4. The third-order valence-electron chi connectivity index (χ3n) is 4.27. The third-order valence-corrected chi connectivity index (χ3v) is 5.30. The van der Waals surface area contributed by atoms with Gasteiger partial charge in [0.1, 0.15) is 5.75 Å². The van der Waals surface area contributed by atoms with E-state index in [0.29, 0.717) is 16.6 Å². The van der Waals surface area contributed by atoms with Gasteiger partial charge in [-0.3, -0.25) is 4.79 Å². The first-order valence-electron chi connectivity index (χ1n) is 8.73. The van der Waals surface area contributed by atoms with Crippen LogP contribution in [0.5, 0.6) is 5.75 Å². The third kappa shape index (κ3) is 4.36. The van der Waals surface area contributed by atoms with Gasteiger partial charge in [-0.15, -0.1) is 5.10 Å². The summed E-state index contributed by atoms with van der Waals surface area (Å²) < 4.78 is 6.80. The van der Waals surface area contributed by atoms with Gasteiger partial charge in [0.15, 0.2) is 5.78 Å². The van der Waals surface area contributed by atoms with Gasteiger partial charge >= 0.3 is 0 Å². The molecule has 0 aliphatic carbocycles. The quantitative estimate of drug-likeness (QED) is 0.451. The molecule has 1 unspecified atom stereocenters. The number of methoxy groups -OCH3 is 1. The number of thioether (sulfide) groups is 1. The number of tetrazole rings is 1. The minimum absolute atomic E-state index is 0.0207. The minimum atomic E-state index is -0.321. The molecule has 2 aromatic carbocycles. The molecule has 0 spiro atoms. The summed E-state index contributed by atoms with van der Waals surface area (Å²) in [6.07, 6.45) is 0. The number of hydrogen-bond acceptors (Lipinski definition) is 6. The van der Waals surface area contributed by atoms with Crippen LogP contribution in [-0.2, 0) is 0 Å². The Bertz CT molecular complexity index is 904. The standard InChI is InChI=1S/C20H22N4O2S/c1-13(2)15-5-9-17(10-6-15)24-20(21-22-23-24)27-14(3)19(25)16-7-11-18(26-4)12-8-16/h5-14H,1-4H3. The normalized spacial score (nSPS) is 12.2. The molecular weight excluding hydrogens is 360 g/mol. The van der Waals surface area contributed by atoms with Crippen LogP contribution in [0.3, 0.4) is 0 Å². The molecule has 0 N–H and O–H groups in total. The summed E-state index contributed by atoms with van der Waals surface area (Å²) in [7, 11) is 1.60. The molecule has 1 aromatic heterocycles. The number of benzene rings is 2. The van der Waals surface area contributed by atoms with Gasteiger partial charge in [-0.25, -0.2) is 0 Å². The summed E-state index contributed by atoms with van der Waals surface area (Å²) in [6, 6.07) is 15.2. The highest BCUT2D eigenvalue weighted by Gasteiger charge is 2.20. The molecule has 27 heavy (non-hydrogen) atoms. The van der Waals surface area contributed by atoms with Crippen molar-refractivity contribution in [3.63, 3.8) is 0 Å². The van der Waals surface area contributed by atoms with Crippen LogP contribution in [-0.4, -0.2) is 38.4 Å². The zero-order chi connectivity index (χ0) is 19.4. The van der Waals surface area contributed by atoms with Gasteiger partial charge < -0.3 is 4.74 Å². The maximum atomic E-state index is 12.7. The molecule has 6 nitrogen and oxygen atoms in total. The van der Waals surface area contributed by atoms with Crippen molar-refractivity contribution in [1.29, 1.82) is 0 Å². The summed E-state index contributed by atoms with van der Waals surface area (Å²) in [4.78, 5) is 12.7. The van der Waals surface area contributed by atoms with Gasteiger partial charge in [-0.05, 0) is 65.2 Å². The van der Waals surface area contributed by atoms with Crippen LogP contribution in [0.2, 0.25) is 0 Å². The second-order valence-electron chi connectivity index (χ2n) is 6.47. The summed E-state index contributed by atoms with van der Waals surface area (Å²) in [5.41, 5.74) is 2.76. The van der Waals surface area contributed by atoms with E-state index in [1.807, 2.05) is 19.1 Å². The van der Waals surface area contributed by atoms with E-state index >= 15 is 0 Å². The Morgan fingerprint density at radius 2 is 1.70 bits per heavy atom. The van der Waals surface area contributed by atoms with E-state index in [4.69, 9.17) is 4.74 Å². The Kier molecular flexibility index (Phi) is 5.91. The molecule has 0 fully saturated rings. The van der Waals surface area contributed by atoms with Gasteiger partial charge in [0.05, 0.1) is 18.0 Å². The van der Waals surface area contributed by atoms with E-state index in [-0.39, 0.29) is 11.0 Å². The van der Waals surface area contributed by atoms with Crippen LogP contribution < -0.4 is 4.74 Å². The summed E-state index contributed by atoms with van der Waals surface area (Å²) in [5, 5.41) is 12.2. The molecule has 7 heteroatoms. The topological polar surface area (TPSA) is 69.9 Å². The lowest BCUT2D eigenvalue weighted by Gasteiger charge is -2.11. The first kappa shape index (κ1) is 19.1. The lowest BCUT2D eigenvalue weighted by Crippen LogP contribution is -2.14. The van der Waals surface area contributed by atoms with Crippen molar-refractivity contribution in [2.75, 3.05) is 7.11 Å². The van der Waals surface area contributed by atoms with E-state index in [2.05, 4.69) is 41.5 Å². The van der Waals surface area contributed by atoms with Crippen LogP contribution in [0, 0.1) is 0 Å². The molecule has 140 valence electrons. The molecule has 0 saturated carbocycles. The first-order chi connectivity index (χ1) is 13.0. The van der Waals surface area contributed by atoms with Crippen molar-refractivity contribution >= 4 is 17.5 Å². The molecule has 0 saturated heterocycles. The molecule has 0 aliphatic heterocycles. The van der Waals surface area contributed by atoms with Crippen molar-refractivity contribution in [3.8, 4) is 11.4 Å². The van der Waals surface area contributed by atoms with E-state index < -0.39 is 0 Å². The monoisotopic (exact) mass is 382 g/mol. The molecule has 0 bridgehead atoms. The molecule has 0 amide bonds. The Morgan fingerprint density at radius 3 is 2.30 bits per heavy atom. The van der Waals surface area contributed by atoms with Crippen molar-refractivity contribution in [2.45, 2.75) is 37.1 Å². The fourth-order valence-electron chi connectivity index (χ4n) is 2.62. The first-order valence-corrected chi connectivity index (χ1v) is 9.61. The van der Waals surface area contributed by atoms with Crippen molar-refractivity contribution in [1.82, 2.24) is 20.2 Å². The van der Waals surface area contributed by atoms with Gasteiger partial charge in [-0.1, -0.05) is 37.7 Å². The van der Waals surface area contributed by atoms with Crippen molar-refractivity contribution in [3.05, 3.63) is 59.7 Å². The molecule has 0 radical (unpaired) electrons. The van der Waals surface area contributed by atoms with Crippen LogP contribution >= 0.6 is 11.8 Å². The molecule has 1 atom stereocenters. The highest BCUT2D eigenvalue weighted by atomic mass is 32.2. The van der Waals surface area contributed by atoms with Gasteiger partial charge in [0.25, 0.3) is 0 Å². The number of carbonyl (C=O) groups excluding carboxylic acids is 1. The Labute approximate surface area is 162 Å². The lowest BCUT2D eigenvalue weighted by atomic mass is 10.0. The van der Waals surface area contributed by atoms with Crippen LogP contribution in [0.1, 0.15) is 42.6 Å². The maximum absolute atomic E-state index is 12.7. The number of ether oxygens (including phenoxy) is 1. The lowest BCUT2D eigenvalue weighted by molar-refractivity contribution is 0.0994. The summed E-state index contributed by atoms with van der Waals surface area (Å²) in [5.74, 6) is 1.21. The fourth-order valence-corrected chi connectivity index (χ4v) is 3.50. The smallest absolute Gasteiger partial charge is 0.214 e. The number of carbonyl (C=O) groups is 1. The van der Waals surface area contributed by atoms with E-state index in [0.717, 1.165) is 11.4 Å². The molecular formula is C20H22N4O2S. The number of Topliss-reactive ketones (excluding diaryl/α,β-unsaturated/α-hetero) is 1. The molecule has 1 heterocycles. The summed E-state index contributed by atoms with van der Waals surface area (Å²) in [6.45, 7) is 6.16. The Hall–Kier alpha value is -2.67. The average Bonchev–Trinajstić information content (AvgIpc) is 3.15. The number of ketones is 1. The second-order valence-corrected chi connectivity index (χ2v) is 7.78. The number of hydrogen-bond donors (Lipinski definition) is 0. The van der Waals surface area contributed by atoms with E-state index in [1.54, 1.807) is 36.1 Å². The number of rotatable bonds is 7. The molecule has 3 aromatic rings. The molecule has 3 rings (SSSR count). The predicted molar refractivity (Wildman–Crippen MR) is 106 cm³/mol. The van der Waals surface area contributed by atoms with Gasteiger partial charge in [0.2, 0.25) is 5.16 Å². The average molecular weight is 382 g/mol. The highest BCUT2D eigenvalue weighted by Crippen LogP contribution is 2.26. The van der Waals surface area contributed by atoms with Crippen molar-refractivity contribution in [2.24, 2.45) is 0 Å². The van der Waals surface area contributed by atoms with Crippen LogP contribution in [0.15, 0.2) is 53.7 Å². The maximum Gasteiger partial charge on any atom is 0.214 e. The van der Waals surface area contributed by atoms with Gasteiger partial charge in [-0.2, -0.15) is 4.68 Å².